The van der Waals surface area contributed by atoms with Gasteiger partial charge in [0, 0.05) is 5.54 Å². The molecular formula is C15H20N2O3S. The Labute approximate surface area is 128 Å². The van der Waals surface area contributed by atoms with Crippen molar-refractivity contribution >= 4 is 28.8 Å². The lowest BCUT2D eigenvalue weighted by Gasteiger charge is -2.27. The average molecular weight is 308 g/mol. The minimum absolute atomic E-state index is 0.00850. The summed E-state index contributed by atoms with van der Waals surface area (Å²) >= 11 is 1.24. The first kappa shape index (κ1) is 15.7. The molecule has 0 aliphatic heterocycles. The summed E-state index contributed by atoms with van der Waals surface area (Å²) in [7, 11) is 1.61. The van der Waals surface area contributed by atoms with Crippen molar-refractivity contribution in [3.63, 3.8) is 0 Å². The number of hydrogen-bond acceptors (Lipinski definition) is 4. The van der Waals surface area contributed by atoms with E-state index in [9.17, 15) is 4.79 Å². The monoisotopic (exact) mass is 308 g/mol. The lowest BCUT2D eigenvalue weighted by atomic mass is 10.0. The molecule has 21 heavy (non-hydrogen) atoms. The molecule has 0 saturated heterocycles. The van der Waals surface area contributed by atoms with E-state index in [-0.39, 0.29) is 11.3 Å². The highest BCUT2D eigenvalue weighted by atomic mass is 32.2. The van der Waals surface area contributed by atoms with Crippen molar-refractivity contribution in [1.82, 2.24) is 9.55 Å². The van der Waals surface area contributed by atoms with Crippen LogP contribution in [-0.4, -0.2) is 33.5 Å². The Morgan fingerprint density at radius 2 is 2.19 bits per heavy atom. The number of carboxylic acid groups (broad SMARTS) is 1. The number of ether oxygens (including phenoxy) is 1. The van der Waals surface area contributed by atoms with E-state index in [4.69, 9.17) is 9.84 Å². The maximum atomic E-state index is 10.9. The molecule has 0 aliphatic rings. The highest BCUT2D eigenvalue weighted by Gasteiger charge is 2.26. The van der Waals surface area contributed by atoms with Crippen LogP contribution in [0.5, 0.6) is 5.75 Å². The first-order valence-corrected chi connectivity index (χ1v) is 7.79. The number of rotatable bonds is 6. The molecular weight excluding hydrogens is 288 g/mol. The number of methoxy groups -OCH3 is 1. The zero-order chi connectivity index (χ0) is 15.6. The largest absolute Gasteiger partial charge is 0.494 e. The van der Waals surface area contributed by atoms with Gasteiger partial charge in [0.2, 0.25) is 0 Å². The van der Waals surface area contributed by atoms with Gasteiger partial charge in [0.05, 0.1) is 18.4 Å². The quantitative estimate of drug-likeness (QED) is 0.829. The molecule has 6 heteroatoms. The molecule has 0 aliphatic carbocycles. The highest BCUT2D eigenvalue weighted by Crippen LogP contribution is 2.35. The number of benzene rings is 1. The molecule has 0 amide bonds. The summed E-state index contributed by atoms with van der Waals surface area (Å²) < 4.78 is 7.48. The van der Waals surface area contributed by atoms with E-state index >= 15 is 0 Å². The Morgan fingerprint density at radius 3 is 2.76 bits per heavy atom. The third kappa shape index (κ3) is 3.00. The summed E-state index contributed by atoms with van der Waals surface area (Å²) in [4.78, 5) is 15.5. The summed E-state index contributed by atoms with van der Waals surface area (Å²) in [6.45, 7) is 6.36. The fourth-order valence-corrected chi connectivity index (χ4v) is 3.07. The number of nitrogens with zero attached hydrogens (tertiary/aromatic N) is 2. The number of thioether (sulfide) groups is 1. The van der Waals surface area contributed by atoms with Gasteiger partial charge in [0.25, 0.3) is 0 Å². The summed E-state index contributed by atoms with van der Waals surface area (Å²) in [5, 5.41) is 9.63. The van der Waals surface area contributed by atoms with Crippen molar-refractivity contribution in [2.75, 3.05) is 12.9 Å². The molecule has 1 aromatic heterocycles. The van der Waals surface area contributed by atoms with Gasteiger partial charge in [0.1, 0.15) is 11.3 Å². The Hall–Kier alpha value is -1.69. The summed E-state index contributed by atoms with van der Waals surface area (Å²) in [5.41, 5.74) is 1.59. The molecule has 2 rings (SSSR count). The SMILES string of the molecule is CCC(C)(C)n1c(SCC(=O)O)nc2c(OC)cccc21. The van der Waals surface area contributed by atoms with Gasteiger partial charge in [-0.05, 0) is 32.4 Å². The van der Waals surface area contributed by atoms with Crippen molar-refractivity contribution in [3.8, 4) is 5.75 Å². The van der Waals surface area contributed by atoms with Gasteiger partial charge >= 0.3 is 5.97 Å². The fraction of sp³-hybridized carbons (Fsp3) is 0.467. The van der Waals surface area contributed by atoms with Gasteiger partial charge < -0.3 is 14.4 Å². The van der Waals surface area contributed by atoms with Crippen molar-refractivity contribution in [3.05, 3.63) is 18.2 Å². The van der Waals surface area contributed by atoms with E-state index in [0.717, 1.165) is 17.5 Å². The van der Waals surface area contributed by atoms with Crippen LogP contribution in [0.25, 0.3) is 11.0 Å². The predicted molar refractivity (Wildman–Crippen MR) is 84.3 cm³/mol. The normalized spacial score (nSPS) is 11.8. The Bertz CT molecular complexity index is 664. The van der Waals surface area contributed by atoms with E-state index in [1.807, 2.05) is 18.2 Å². The van der Waals surface area contributed by atoms with Crippen LogP contribution >= 0.6 is 11.8 Å². The van der Waals surface area contributed by atoms with Crippen LogP contribution in [-0.2, 0) is 10.3 Å². The maximum Gasteiger partial charge on any atom is 0.313 e. The van der Waals surface area contributed by atoms with Gasteiger partial charge in [-0.15, -0.1) is 0 Å². The van der Waals surface area contributed by atoms with Gasteiger partial charge in [-0.25, -0.2) is 4.98 Å². The minimum Gasteiger partial charge on any atom is -0.494 e. The van der Waals surface area contributed by atoms with E-state index in [2.05, 4.69) is 30.3 Å². The van der Waals surface area contributed by atoms with Gasteiger partial charge in [-0.3, -0.25) is 4.79 Å². The summed E-state index contributed by atoms with van der Waals surface area (Å²) in [5.74, 6) is -0.152. The number of fused-ring (bicyclic) bond motifs is 1. The average Bonchev–Trinajstić information content (AvgIpc) is 2.84. The highest BCUT2D eigenvalue weighted by molar-refractivity contribution is 7.99. The van der Waals surface area contributed by atoms with Gasteiger partial charge in [-0.2, -0.15) is 0 Å². The second kappa shape index (κ2) is 5.97. The van der Waals surface area contributed by atoms with Crippen LogP contribution in [0.4, 0.5) is 0 Å². The van der Waals surface area contributed by atoms with E-state index in [0.29, 0.717) is 10.9 Å². The van der Waals surface area contributed by atoms with Crippen molar-refractivity contribution in [2.24, 2.45) is 0 Å². The number of hydrogen-bond donors (Lipinski definition) is 1. The van der Waals surface area contributed by atoms with Crippen LogP contribution < -0.4 is 4.74 Å². The van der Waals surface area contributed by atoms with Gasteiger partial charge in [0.15, 0.2) is 5.16 Å². The Balaban J connectivity index is 2.65. The zero-order valence-corrected chi connectivity index (χ0v) is 13.5. The molecule has 0 atom stereocenters. The Kier molecular flexibility index (Phi) is 4.46. The zero-order valence-electron chi connectivity index (χ0n) is 12.7. The van der Waals surface area contributed by atoms with Crippen LogP contribution in [0.3, 0.4) is 0 Å². The Morgan fingerprint density at radius 1 is 1.48 bits per heavy atom. The second-order valence-electron chi connectivity index (χ2n) is 5.41. The molecule has 2 aromatic rings. The first-order valence-electron chi connectivity index (χ1n) is 6.81. The summed E-state index contributed by atoms with van der Waals surface area (Å²) in [6, 6.07) is 5.79. The van der Waals surface area contributed by atoms with E-state index in [1.54, 1.807) is 7.11 Å². The molecule has 1 N–H and O–H groups in total. The molecule has 1 heterocycles. The fourth-order valence-electron chi connectivity index (χ4n) is 2.18. The minimum atomic E-state index is -0.847. The smallest absolute Gasteiger partial charge is 0.313 e. The number of imidazole rings is 1. The molecule has 0 saturated carbocycles. The molecule has 0 spiro atoms. The predicted octanol–water partition coefficient (Wildman–Crippen LogP) is 3.37. The molecule has 5 nitrogen and oxygen atoms in total. The third-order valence-electron chi connectivity index (χ3n) is 3.63. The topological polar surface area (TPSA) is 64.4 Å². The first-order chi connectivity index (χ1) is 9.90. The van der Waals surface area contributed by atoms with Crippen LogP contribution in [0.15, 0.2) is 23.4 Å². The van der Waals surface area contributed by atoms with Crippen molar-refractivity contribution in [1.29, 1.82) is 0 Å². The molecule has 0 bridgehead atoms. The molecule has 0 fully saturated rings. The van der Waals surface area contributed by atoms with Crippen molar-refractivity contribution in [2.45, 2.75) is 37.9 Å². The van der Waals surface area contributed by atoms with E-state index in [1.165, 1.54) is 11.8 Å². The van der Waals surface area contributed by atoms with E-state index < -0.39 is 5.97 Å². The number of carbonyl (C=O) groups is 1. The lowest BCUT2D eigenvalue weighted by Crippen LogP contribution is -2.26. The molecule has 0 unspecified atom stereocenters. The van der Waals surface area contributed by atoms with Crippen LogP contribution in [0.2, 0.25) is 0 Å². The van der Waals surface area contributed by atoms with Crippen LogP contribution in [0, 0.1) is 0 Å². The third-order valence-corrected chi connectivity index (χ3v) is 4.56. The van der Waals surface area contributed by atoms with Gasteiger partial charge in [-0.1, -0.05) is 24.8 Å². The number of aliphatic carboxylic acids is 1. The summed E-state index contributed by atoms with van der Waals surface area (Å²) in [6.07, 6.45) is 0.913. The molecule has 114 valence electrons. The number of aromatic nitrogens is 2. The molecule has 1 aromatic carbocycles. The van der Waals surface area contributed by atoms with Crippen molar-refractivity contribution < 1.29 is 14.6 Å². The van der Waals surface area contributed by atoms with Crippen LogP contribution in [0.1, 0.15) is 27.2 Å². The number of para-hydroxylation sites is 1. The second-order valence-corrected chi connectivity index (χ2v) is 6.35. The lowest BCUT2D eigenvalue weighted by molar-refractivity contribution is -0.133. The standard InChI is InChI=1S/C15H20N2O3S/c1-5-15(2,3)17-10-7-6-8-11(20-4)13(10)16-14(17)21-9-12(18)19/h6-8H,5,9H2,1-4H3,(H,18,19). The maximum absolute atomic E-state index is 10.9. The number of carboxylic acids is 1. The molecule has 0 radical (unpaired) electrons.